The summed E-state index contributed by atoms with van der Waals surface area (Å²) >= 11 is 0. The van der Waals surface area contributed by atoms with E-state index in [2.05, 4.69) is 15.1 Å². The average molecular weight is 390 g/mol. The summed E-state index contributed by atoms with van der Waals surface area (Å²) in [6.07, 6.45) is 3.10. The smallest absolute Gasteiger partial charge is 0.325 e. The molecule has 1 aromatic carbocycles. The Bertz CT molecular complexity index is 975. The number of aromatic nitrogens is 4. The van der Waals surface area contributed by atoms with E-state index in [-0.39, 0.29) is 19.0 Å². The first-order chi connectivity index (χ1) is 13.5. The molecular formula is C17H18N4O7. The van der Waals surface area contributed by atoms with E-state index < -0.39 is 18.7 Å². The van der Waals surface area contributed by atoms with Crippen molar-refractivity contribution in [3.05, 3.63) is 30.9 Å². The van der Waals surface area contributed by atoms with Gasteiger partial charge in [-0.2, -0.15) is 5.10 Å². The fourth-order valence-electron chi connectivity index (χ4n) is 2.37. The number of ether oxygens (including phenoxy) is 3. The molecule has 0 aliphatic heterocycles. The monoisotopic (exact) mass is 390 g/mol. The summed E-state index contributed by atoms with van der Waals surface area (Å²) in [5.74, 6) is 0.206. The summed E-state index contributed by atoms with van der Waals surface area (Å²) in [7, 11) is 1.46. The molecule has 3 aromatic rings. The lowest BCUT2D eigenvalue weighted by atomic mass is 10.2. The third-order valence-corrected chi connectivity index (χ3v) is 3.65. The molecule has 0 fully saturated rings. The SMILES string of the molecule is COc1cc2c(Oc3cnn(CC(=O)O)c3)ncnc2cc1OCC(O)CO. The molecule has 0 spiro atoms. The molecule has 2 aromatic heterocycles. The second kappa shape index (κ2) is 8.50. The summed E-state index contributed by atoms with van der Waals surface area (Å²) in [6.45, 7) is -0.830. The minimum absolute atomic E-state index is 0.116. The van der Waals surface area contributed by atoms with Crippen LogP contribution in [0.3, 0.4) is 0 Å². The first-order valence-corrected chi connectivity index (χ1v) is 8.16. The number of aliphatic hydroxyl groups excluding tert-OH is 2. The second-order valence-electron chi connectivity index (χ2n) is 5.72. The van der Waals surface area contributed by atoms with Gasteiger partial charge in [-0.05, 0) is 6.07 Å². The van der Waals surface area contributed by atoms with Crippen molar-refractivity contribution in [2.75, 3.05) is 20.3 Å². The number of carbonyl (C=O) groups is 1. The minimum Gasteiger partial charge on any atom is -0.493 e. The molecule has 3 rings (SSSR count). The average Bonchev–Trinajstić information content (AvgIpc) is 3.11. The Balaban J connectivity index is 1.89. The van der Waals surface area contributed by atoms with Crippen LogP contribution in [0.2, 0.25) is 0 Å². The number of fused-ring (bicyclic) bond motifs is 1. The lowest BCUT2D eigenvalue weighted by molar-refractivity contribution is -0.137. The molecule has 0 aliphatic rings. The van der Waals surface area contributed by atoms with E-state index in [1.807, 2.05) is 0 Å². The van der Waals surface area contributed by atoms with Gasteiger partial charge in [0, 0.05) is 6.07 Å². The molecule has 0 radical (unpaired) electrons. The van der Waals surface area contributed by atoms with Crippen molar-refractivity contribution in [2.45, 2.75) is 12.6 Å². The van der Waals surface area contributed by atoms with Gasteiger partial charge in [0.15, 0.2) is 17.2 Å². The number of rotatable bonds is 9. The maximum atomic E-state index is 10.8. The van der Waals surface area contributed by atoms with Crippen LogP contribution in [0.15, 0.2) is 30.9 Å². The van der Waals surface area contributed by atoms with Crippen molar-refractivity contribution >= 4 is 16.9 Å². The molecule has 0 bridgehead atoms. The van der Waals surface area contributed by atoms with E-state index in [0.717, 1.165) is 0 Å². The molecule has 1 unspecified atom stereocenters. The van der Waals surface area contributed by atoms with E-state index in [1.54, 1.807) is 12.1 Å². The van der Waals surface area contributed by atoms with Crippen LogP contribution < -0.4 is 14.2 Å². The van der Waals surface area contributed by atoms with Crippen molar-refractivity contribution in [3.8, 4) is 23.1 Å². The van der Waals surface area contributed by atoms with Gasteiger partial charge in [0.25, 0.3) is 0 Å². The van der Waals surface area contributed by atoms with Crippen molar-refractivity contribution in [2.24, 2.45) is 0 Å². The number of hydrogen-bond donors (Lipinski definition) is 3. The summed E-state index contributed by atoms with van der Waals surface area (Å²) in [5.41, 5.74) is 0.497. The highest BCUT2D eigenvalue weighted by Crippen LogP contribution is 2.36. The molecule has 11 heteroatoms. The van der Waals surface area contributed by atoms with Gasteiger partial charge in [-0.25, -0.2) is 9.97 Å². The lowest BCUT2D eigenvalue weighted by Crippen LogP contribution is -2.21. The Hall–Kier alpha value is -3.44. The molecule has 2 heterocycles. The third-order valence-electron chi connectivity index (χ3n) is 3.65. The molecule has 3 N–H and O–H groups in total. The van der Waals surface area contributed by atoms with Gasteiger partial charge in [0.2, 0.25) is 5.88 Å². The minimum atomic E-state index is -1.02. The van der Waals surface area contributed by atoms with E-state index in [0.29, 0.717) is 28.2 Å². The number of aliphatic carboxylic acids is 1. The van der Waals surface area contributed by atoms with Crippen molar-refractivity contribution in [1.82, 2.24) is 19.7 Å². The van der Waals surface area contributed by atoms with Gasteiger partial charge in [0.1, 0.15) is 25.6 Å². The molecule has 28 heavy (non-hydrogen) atoms. The zero-order valence-electron chi connectivity index (χ0n) is 14.8. The van der Waals surface area contributed by atoms with Crippen LogP contribution in [0.25, 0.3) is 10.9 Å². The fourth-order valence-corrected chi connectivity index (χ4v) is 2.37. The largest absolute Gasteiger partial charge is 0.493 e. The number of carboxylic acid groups (broad SMARTS) is 1. The third kappa shape index (κ3) is 4.45. The van der Waals surface area contributed by atoms with Gasteiger partial charge >= 0.3 is 5.97 Å². The van der Waals surface area contributed by atoms with Gasteiger partial charge in [-0.3, -0.25) is 9.48 Å². The molecule has 1 atom stereocenters. The van der Waals surface area contributed by atoms with Crippen LogP contribution in [-0.4, -0.2) is 67.5 Å². The van der Waals surface area contributed by atoms with Gasteiger partial charge in [-0.15, -0.1) is 0 Å². The Morgan fingerprint density at radius 3 is 2.82 bits per heavy atom. The topological polar surface area (TPSA) is 149 Å². The fraction of sp³-hybridized carbons (Fsp3) is 0.294. The molecular weight excluding hydrogens is 372 g/mol. The number of benzene rings is 1. The Kier molecular flexibility index (Phi) is 5.87. The quantitative estimate of drug-likeness (QED) is 0.470. The predicted octanol–water partition coefficient (Wildman–Crippen LogP) is 0.444. The molecule has 148 valence electrons. The lowest BCUT2D eigenvalue weighted by Gasteiger charge is -2.14. The van der Waals surface area contributed by atoms with Crippen molar-refractivity contribution < 1.29 is 34.3 Å². The number of carboxylic acids is 1. The van der Waals surface area contributed by atoms with Crippen LogP contribution in [0.5, 0.6) is 23.1 Å². The number of methoxy groups -OCH3 is 1. The summed E-state index contributed by atoms with van der Waals surface area (Å²) in [4.78, 5) is 19.0. The van der Waals surface area contributed by atoms with E-state index in [9.17, 15) is 9.90 Å². The highest BCUT2D eigenvalue weighted by atomic mass is 16.5. The summed E-state index contributed by atoms with van der Waals surface area (Å²) < 4.78 is 17.7. The van der Waals surface area contributed by atoms with Crippen LogP contribution in [0.1, 0.15) is 0 Å². The van der Waals surface area contributed by atoms with Gasteiger partial charge < -0.3 is 29.5 Å². The first-order valence-electron chi connectivity index (χ1n) is 8.16. The van der Waals surface area contributed by atoms with E-state index >= 15 is 0 Å². The Morgan fingerprint density at radius 2 is 2.11 bits per heavy atom. The molecule has 0 amide bonds. The van der Waals surface area contributed by atoms with Crippen LogP contribution in [-0.2, 0) is 11.3 Å². The summed E-state index contributed by atoms with van der Waals surface area (Å²) in [5, 5.41) is 31.6. The highest BCUT2D eigenvalue weighted by Gasteiger charge is 2.15. The Morgan fingerprint density at radius 1 is 1.29 bits per heavy atom. The number of hydrogen-bond acceptors (Lipinski definition) is 9. The summed E-state index contributed by atoms with van der Waals surface area (Å²) in [6, 6.07) is 3.22. The molecule has 11 nitrogen and oxygen atoms in total. The van der Waals surface area contributed by atoms with Gasteiger partial charge in [-0.1, -0.05) is 0 Å². The van der Waals surface area contributed by atoms with Crippen molar-refractivity contribution in [3.63, 3.8) is 0 Å². The van der Waals surface area contributed by atoms with Crippen LogP contribution >= 0.6 is 0 Å². The maximum Gasteiger partial charge on any atom is 0.325 e. The van der Waals surface area contributed by atoms with E-state index in [1.165, 1.54) is 30.5 Å². The normalized spacial score (nSPS) is 12.0. The highest BCUT2D eigenvalue weighted by molar-refractivity contribution is 5.87. The maximum absolute atomic E-state index is 10.8. The van der Waals surface area contributed by atoms with Crippen molar-refractivity contribution in [1.29, 1.82) is 0 Å². The zero-order valence-corrected chi connectivity index (χ0v) is 14.8. The van der Waals surface area contributed by atoms with Gasteiger partial charge in [0.05, 0.1) is 37.0 Å². The Labute approximate surface area is 158 Å². The molecule has 0 saturated carbocycles. The number of aliphatic hydroxyl groups is 2. The zero-order chi connectivity index (χ0) is 20.1. The van der Waals surface area contributed by atoms with Crippen LogP contribution in [0.4, 0.5) is 0 Å². The number of nitrogens with zero attached hydrogens (tertiary/aromatic N) is 4. The molecule has 0 aliphatic carbocycles. The van der Waals surface area contributed by atoms with Crippen LogP contribution in [0, 0.1) is 0 Å². The predicted molar refractivity (Wildman–Crippen MR) is 94.6 cm³/mol. The standard InChI is InChI=1S/C17H18N4O7/c1-26-14-2-12-13(3-15(14)27-8-10(23)7-22)18-9-19-17(12)28-11-4-20-21(5-11)6-16(24)25/h2-5,9-10,22-23H,6-8H2,1H3,(H,24,25). The second-order valence-corrected chi connectivity index (χ2v) is 5.72. The van der Waals surface area contributed by atoms with E-state index in [4.69, 9.17) is 24.4 Å². The first kappa shape index (κ1) is 19.3. The molecule has 0 saturated heterocycles.